The molecule has 2 heterocycles. The number of carbonyl (C=O) groups is 2. The Morgan fingerprint density at radius 1 is 1.39 bits per heavy atom. The highest BCUT2D eigenvalue weighted by molar-refractivity contribution is 5.95. The molecule has 5 nitrogen and oxygen atoms in total. The van der Waals surface area contributed by atoms with E-state index in [0.717, 1.165) is 17.7 Å². The monoisotopic (exact) mass is 320 g/mol. The van der Waals surface area contributed by atoms with Crippen LogP contribution in [0.2, 0.25) is 0 Å². The van der Waals surface area contributed by atoms with Crippen molar-refractivity contribution in [1.29, 1.82) is 0 Å². The maximum absolute atomic E-state index is 13.5. The van der Waals surface area contributed by atoms with Gasteiger partial charge in [0.15, 0.2) is 0 Å². The van der Waals surface area contributed by atoms with Crippen LogP contribution in [0.25, 0.3) is 0 Å². The Bertz CT molecular complexity index is 607. The second-order valence-corrected chi connectivity index (χ2v) is 6.21. The first-order chi connectivity index (χ1) is 11.1. The first kappa shape index (κ1) is 15.9. The van der Waals surface area contributed by atoms with Gasteiger partial charge in [-0.3, -0.25) is 9.59 Å². The fourth-order valence-electron chi connectivity index (χ4n) is 3.37. The maximum Gasteiger partial charge on any atom is 0.227 e. The van der Waals surface area contributed by atoms with Crippen molar-refractivity contribution in [2.45, 2.75) is 37.9 Å². The summed E-state index contributed by atoms with van der Waals surface area (Å²) >= 11 is 0. The van der Waals surface area contributed by atoms with Crippen LogP contribution in [0.15, 0.2) is 24.3 Å². The van der Waals surface area contributed by atoms with E-state index in [1.807, 2.05) is 24.3 Å². The third-order valence-electron chi connectivity index (χ3n) is 4.55. The van der Waals surface area contributed by atoms with Crippen LogP contribution in [0.1, 0.15) is 24.8 Å². The molecule has 124 valence electrons. The Labute approximate surface area is 134 Å². The number of aliphatic hydroxyl groups is 1. The molecule has 0 spiro atoms. The van der Waals surface area contributed by atoms with Crippen molar-refractivity contribution in [3.8, 4) is 0 Å². The quantitative estimate of drug-likeness (QED) is 0.909. The lowest BCUT2D eigenvalue weighted by Gasteiger charge is -2.23. The predicted octanol–water partition coefficient (Wildman–Crippen LogP) is 1.29. The van der Waals surface area contributed by atoms with E-state index in [1.165, 1.54) is 4.90 Å². The van der Waals surface area contributed by atoms with Crippen molar-refractivity contribution < 1.29 is 19.1 Å². The number of hydrogen-bond donors (Lipinski definition) is 1. The van der Waals surface area contributed by atoms with E-state index in [0.29, 0.717) is 13.0 Å². The van der Waals surface area contributed by atoms with Crippen LogP contribution in [0, 0.1) is 0 Å². The van der Waals surface area contributed by atoms with Crippen LogP contribution in [-0.4, -0.2) is 53.7 Å². The van der Waals surface area contributed by atoms with Crippen molar-refractivity contribution in [2.75, 3.05) is 24.6 Å². The van der Waals surface area contributed by atoms with Crippen LogP contribution in [0.4, 0.5) is 10.1 Å². The number of hydrogen-bond acceptors (Lipinski definition) is 3. The smallest absolute Gasteiger partial charge is 0.227 e. The number of anilines is 1. The van der Waals surface area contributed by atoms with Crippen LogP contribution in [-0.2, 0) is 16.0 Å². The molecule has 2 aliphatic heterocycles. The number of aliphatic hydroxyl groups excluding tert-OH is 1. The molecule has 2 atom stereocenters. The lowest BCUT2D eigenvalue weighted by molar-refractivity contribution is -0.132. The van der Waals surface area contributed by atoms with Gasteiger partial charge in [0.1, 0.15) is 6.17 Å². The van der Waals surface area contributed by atoms with Gasteiger partial charge in [0, 0.05) is 25.1 Å². The third-order valence-corrected chi connectivity index (χ3v) is 4.55. The number of benzene rings is 1. The lowest BCUT2D eigenvalue weighted by atomic mass is 10.1. The molecule has 2 saturated heterocycles. The zero-order valence-electron chi connectivity index (χ0n) is 12.9. The highest BCUT2D eigenvalue weighted by atomic mass is 19.1. The van der Waals surface area contributed by atoms with Gasteiger partial charge in [0.2, 0.25) is 11.8 Å². The Hall–Kier alpha value is -1.95. The number of alkyl halides is 1. The molecule has 0 aliphatic carbocycles. The van der Waals surface area contributed by atoms with Gasteiger partial charge in [-0.25, -0.2) is 4.39 Å². The van der Waals surface area contributed by atoms with Crippen LogP contribution >= 0.6 is 0 Å². The Morgan fingerprint density at radius 2 is 2.22 bits per heavy atom. The van der Waals surface area contributed by atoms with E-state index in [-0.39, 0.29) is 37.8 Å². The van der Waals surface area contributed by atoms with Gasteiger partial charge < -0.3 is 14.9 Å². The molecule has 2 aliphatic rings. The molecule has 23 heavy (non-hydrogen) atoms. The summed E-state index contributed by atoms with van der Waals surface area (Å²) in [6, 6.07) is 6.94. The van der Waals surface area contributed by atoms with Gasteiger partial charge in [-0.2, -0.15) is 0 Å². The van der Waals surface area contributed by atoms with Crippen LogP contribution in [0.5, 0.6) is 0 Å². The average molecular weight is 320 g/mol. The van der Waals surface area contributed by atoms with Gasteiger partial charge in [0.05, 0.1) is 25.6 Å². The highest BCUT2D eigenvalue weighted by Crippen LogP contribution is 2.24. The SMILES string of the molecule is O=C1CCCN1c1cccc(CC(=O)N2C[C@@H](F)C[C@H]2CO)c1. The minimum Gasteiger partial charge on any atom is -0.394 e. The summed E-state index contributed by atoms with van der Waals surface area (Å²) in [4.78, 5) is 27.4. The summed E-state index contributed by atoms with van der Waals surface area (Å²) in [5.74, 6) is -0.0808. The van der Waals surface area contributed by atoms with Gasteiger partial charge in [-0.05, 0) is 24.1 Å². The number of rotatable bonds is 4. The fraction of sp³-hybridized carbons (Fsp3) is 0.529. The van der Waals surface area contributed by atoms with E-state index in [9.17, 15) is 19.1 Å². The van der Waals surface area contributed by atoms with Gasteiger partial charge in [0.25, 0.3) is 0 Å². The first-order valence-corrected chi connectivity index (χ1v) is 8.02. The van der Waals surface area contributed by atoms with Crippen molar-refractivity contribution >= 4 is 17.5 Å². The zero-order chi connectivity index (χ0) is 16.4. The molecule has 0 saturated carbocycles. The molecule has 0 radical (unpaired) electrons. The standard InChI is InChI=1S/C17H21FN2O3/c18-13-9-15(11-21)20(10-13)17(23)8-12-3-1-4-14(7-12)19-6-2-5-16(19)22/h1,3-4,7,13,15,21H,2,5-6,8-11H2/t13-,15-/m0/s1. The van der Waals surface area contributed by atoms with E-state index in [2.05, 4.69) is 0 Å². The first-order valence-electron chi connectivity index (χ1n) is 8.02. The summed E-state index contributed by atoms with van der Waals surface area (Å²) in [5, 5.41) is 9.28. The van der Waals surface area contributed by atoms with E-state index in [1.54, 1.807) is 4.90 Å². The average Bonchev–Trinajstić information content (AvgIpc) is 3.13. The molecule has 0 bridgehead atoms. The topological polar surface area (TPSA) is 60.9 Å². The van der Waals surface area contributed by atoms with Gasteiger partial charge in [-0.15, -0.1) is 0 Å². The van der Waals surface area contributed by atoms with E-state index < -0.39 is 12.2 Å². The molecular weight excluding hydrogens is 299 g/mol. The maximum atomic E-state index is 13.5. The molecule has 0 unspecified atom stereocenters. The summed E-state index contributed by atoms with van der Waals surface area (Å²) in [7, 11) is 0. The predicted molar refractivity (Wildman–Crippen MR) is 83.8 cm³/mol. The molecule has 0 aromatic heterocycles. The summed E-state index contributed by atoms with van der Waals surface area (Å²) in [6.45, 7) is 0.543. The molecule has 1 aromatic rings. The largest absolute Gasteiger partial charge is 0.394 e. The van der Waals surface area contributed by atoms with E-state index in [4.69, 9.17) is 0 Å². The summed E-state index contributed by atoms with van der Waals surface area (Å²) in [6.07, 6.45) is 0.701. The molecular formula is C17H21FN2O3. The minimum absolute atomic E-state index is 0.0500. The second-order valence-electron chi connectivity index (χ2n) is 6.21. The van der Waals surface area contributed by atoms with Crippen LogP contribution < -0.4 is 4.90 Å². The third kappa shape index (κ3) is 3.37. The number of nitrogens with zero attached hydrogens (tertiary/aromatic N) is 2. The van der Waals surface area contributed by atoms with Gasteiger partial charge >= 0.3 is 0 Å². The van der Waals surface area contributed by atoms with E-state index >= 15 is 0 Å². The minimum atomic E-state index is -1.07. The molecule has 2 fully saturated rings. The molecule has 1 aromatic carbocycles. The lowest BCUT2D eigenvalue weighted by Crippen LogP contribution is -2.38. The number of amides is 2. The van der Waals surface area contributed by atoms with Crippen molar-refractivity contribution in [2.24, 2.45) is 0 Å². The Balaban J connectivity index is 1.70. The zero-order valence-corrected chi connectivity index (χ0v) is 12.9. The number of carbonyl (C=O) groups excluding carboxylic acids is 2. The second kappa shape index (κ2) is 6.66. The van der Waals surface area contributed by atoms with Gasteiger partial charge in [-0.1, -0.05) is 12.1 Å². The van der Waals surface area contributed by atoms with Crippen molar-refractivity contribution in [3.05, 3.63) is 29.8 Å². The molecule has 2 amide bonds. The Morgan fingerprint density at radius 3 is 2.91 bits per heavy atom. The number of halogens is 1. The molecule has 3 rings (SSSR count). The summed E-state index contributed by atoms with van der Waals surface area (Å²) in [5.41, 5.74) is 1.60. The van der Waals surface area contributed by atoms with Crippen molar-refractivity contribution in [1.82, 2.24) is 4.90 Å². The molecule has 1 N–H and O–H groups in total. The normalized spacial score (nSPS) is 24.5. The fourth-order valence-corrected chi connectivity index (χ4v) is 3.37. The Kier molecular flexibility index (Phi) is 4.61. The van der Waals surface area contributed by atoms with Crippen molar-refractivity contribution in [3.63, 3.8) is 0 Å². The highest BCUT2D eigenvalue weighted by Gasteiger charge is 2.34. The van der Waals surface area contributed by atoms with Crippen LogP contribution in [0.3, 0.4) is 0 Å². The molecule has 6 heteroatoms. The summed E-state index contributed by atoms with van der Waals surface area (Å²) < 4.78 is 13.5. The number of likely N-dealkylation sites (tertiary alicyclic amines) is 1.